The Morgan fingerprint density at radius 3 is 2.32 bits per heavy atom. The van der Waals surface area contributed by atoms with Gasteiger partial charge in [-0.15, -0.1) is 5.10 Å². The van der Waals surface area contributed by atoms with Gasteiger partial charge in [0.25, 0.3) is 5.91 Å². The summed E-state index contributed by atoms with van der Waals surface area (Å²) in [6.07, 6.45) is 0. The Hall–Kier alpha value is -4.99. The molecule has 0 aliphatic carbocycles. The van der Waals surface area contributed by atoms with Gasteiger partial charge < -0.3 is 30.0 Å². The highest BCUT2D eigenvalue weighted by Crippen LogP contribution is 2.38. The first-order chi connectivity index (χ1) is 18.4. The molecule has 1 atom stereocenters. The molecule has 3 N–H and O–H groups in total. The minimum Gasteiger partial charge on any atom is -0.508 e. The van der Waals surface area contributed by atoms with Crippen LogP contribution in [0.25, 0.3) is 11.4 Å². The van der Waals surface area contributed by atoms with Crippen molar-refractivity contribution >= 4 is 17.5 Å². The summed E-state index contributed by atoms with van der Waals surface area (Å²) >= 11 is 0. The molecule has 1 aromatic heterocycles. The molecule has 10 nitrogen and oxygen atoms in total. The van der Waals surface area contributed by atoms with E-state index in [1.54, 1.807) is 68.5 Å². The Balaban J connectivity index is 1.60. The van der Waals surface area contributed by atoms with E-state index in [1.807, 2.05) is 31.2 Å². The Labute approximate surface area is 219 Å². The molecule has 0 saturated carbocycles. The second kappa shape index (κ2) is 10.2. The number of ether oxygens (including phenoxy) is 3. The van der Waals surface area contributed by atoms with Gasteiger partial charge in [-0.25, -0.2) is 4.68 Å². The van der Waals surface area contributed by atoms with Gasteiger partial charge in [0.1, 0.15) is 29.0 Å². The molecule has 1 amide bonds. The number of phenolic OH excluding ortho intramolecular Hbond substituents is 1. The summed E-state index contributed by atoms with van der Waals surface area (Å²) in [5.41, 5.74) is 3.03. The highest BCUT2D eigenvalue weighted by Gasteiger charge is 2.35. The number of para-hydroxylation sites is 2. The maximum Gasteiger partial charge on any atom is 0.255 e. The fourth-order valence-electron chi connectivity index (χ4n) is 4.41. The van der Waals surface area contributed by atoms with Crippen LogP contribution < -0.4 is 24.8 Å². The van der Waals surface area contributed by atoms with E-state index in [-0.39, 0.29) is 11.7 Å². The standard InChI is InChI=1S/C28H27N5O5/c1-16-24(27(35)30-22-7-5-6-8-23(22)38-4)25(17-9-11-19(34)12-10-17)33-28(29-16)31-26(32-33)18-13-20(36-2)15-21(14-18)37-3/h5-15,25,34H,1-4H3,(H,30,35)(H,29,31,32). The summed E-state index contributed by atoms with van der Waals surface area (Å²) in [4.78, 5) is 18.5. The molecule has 3 aromatic carbocycles. The van der Waals surface area contributed by atoms with Gasteiger partial charge in [-0.05, 0) is 48.9 Å². The Morgan fingerprint density at radius 2 is 1.66 bits per heavy atom. The lowest BCUT2D eigenvalue weighted by atomic mass is 9.95. The van der Waals surface area contributed by atoms with Gasteiger partial charge in [0.05, 0.1) is 32.6 Å². The fourth-order valence-corrected chi connectivity index (χ4v) is 4.41. The third-order valence-corrected chi connectivity index (χ3v) is 6.27. The van der Waals surface area contributed by atoms with E-state index in [0.29, 0.717) is 51.5 Å². The number of carbonyl (C=O) groups excluding carboxylic acids is 1. The lowest BCUT2D eigenvalue weighted by molar-refractivity contribution is -0.113. The number of amides is 1. The molecule has 10 heteroatoms. The Morgan fingerprint density at radius 1 is 0.974 bits per heavy atom. The van der Waals surface area contributed by atoms with Crippen molar-refractivity contribution in [2.45, 2.75) is 13.0 Å². The quantitative estimate of drug-likeness (QED) is 0.328. The summed E-state index contributed by atoms with van der Waals surface area (Å²) in [7, 11) is 4.70. The molecular formula is C28H27N5O5. The second-order valence-electron chi connectivity index (χ2n) is 8.62. The number of hydrogen-bond donors (Lipinski definition) is 3. The van der Waals surface area contributed by atoms with Gasteiger partial charge in [-0.3, -0.25) is 4.79 Å². The largest absolute Gasteiger partial charge is 0.508 e. The molecule has 38 heavy (non-hydrogen) atoms. The maximum atomic E-state index is 13.7. The molecule has 0 bridgehead atoms. The van der Waals surface area contributed by atoms with Crippen LogP contribution in [0.15, 0.2) is 78.0 Å². The van der Waals surface area contributed by atoms with Crippen LogP contribution in [-0.4, -0.2) is 47.1 Å². The van der Waals surface area contributed by atoms with Crippen LogP contribution in [0.2, 0.25) is 0 Å². The zero-order valence-electron chi connectivity index (χ0n) is 21.4. The number of fused-ring (bicyclic) bond motifs is 1. The summed E-state index contributed by atoms with van der Waals surface area (Å²) in [6.45, 7) is 1.82. The number of methoxy groups -OCH3 is 3. The van der Waals surface area contributed by atoms with Crippen LogP contribution in [-0.2, 0) is 4.79 Å². The molecule has 4 aromatic rings. The number of rotatable bonds is 7. The van der Waals surface area contributed by atoms with Crippen LogP contribution in [0, 0.1) is 0 Å². The maximum absolute atomic E-state index is 13.7. The van der Waals surface area contributed by atoms with E-state index in [1.165, 1.54) is 0 Å². The van der Waals surface area contributed by atoms with Crippen molar-refractivity contribution in [1.82, 2.24) is 14.8 Å². The zero-order chi connectivity index (χ0) is 26.8. The number of allylic oxidation sites excluding steroid dienone is 1. The van der Waals surface area contributed by atoms with Gasteiger partial charge in [0.15, 0.2) is 5.82 Å². The minimum absolute atomic E-state index is 0.117. The highest BCUT2D eigenvalue weighted by atomic mass is 16.5. The van der Waals surface area contributed by atoms with E-state index in [2.05, 4.69) is 10.6 Å². The summed E-state index contributed by atoms with van der Waals surface area (Å²) < 4.78 is 17.9. The lowest BCUT2D eigenvalue weighted by Crippen LogP contribution is -2.31. The summed E-state index contributed by atoms with van der Waals surface area (Å²) in [5, 5.41) is 20.9. The van der Waals surface area contributed by atoms with Gasteiger partial charge in [-0.2, -0.15) is 4.98 Å². The van der Waals surface area contributed by atoms with Crippen molar-refractivity contribution in [2.75, 3.05) is 32.0 Å². The average molecular weight is 514 g/mol. The first-order valence-corrected chi connectivity index (χ1v) is 11.8. The number of aromatic hydroxyl groups is 1. The molecule has 0 spiro atoms. The highest BCUT2D eigenvalue weighted by molar-refractivity contribution is 6.06. The van der Waals surface area contributed by atoms with Gasteiger partial charge in [0.2, 0.25) is 5.95 Å². The SMILES string of the molecule is COc1cc(OC)cc(-c2nc3n(n2)C(c2ccc(O)cc2)C(C(=O)Nc2ccccc2OC)=C(C)N3)c1. The predicted octanol–water partition coefficient (Wildman–Crippen LogP) is 4.60. The van der Waals surface area contributed by atoms with Crippen molar-refractivity contribution in [3.8, 4) is 34.4 Å². The topological polar surface area (TPSA) is 120 Å². The van der Waals surface area contributed by atoms with Crippen molar-refractivity contribution in [3.05, 3.63) is 83.6 Å². The third-order valence-electron chi connectivity index (χ3n) is 6.27. The number of aromatic nitrogens is 3. The van der Waals surface area contributed by atoms with E-state index in [9.17, 15) is 9.90 Å². The number of hydrogen-bond acceptors (Lipinski definition) is 8. The predicted molar refractivity (Wildman–Crippen MR) is 143 cm³/mol. The normalized spacial score (nSPS) is 14.4. The summed E-state index contributed by atoms with van der Waals surface area (Å²) in [6, 6.07) is 18.6. The number of phenols is 1. The fraction of sp³-hybridized carbons (Fsp3) is 0.179. The molecule has 1 unspecified atom stereocenters. The van der Waals surface area contributed by atoms with E-state index in [0.717, 1.165) is 5.56 Å². The molecule has 194 valence electrons. The van der Waals surface area contributed by atoms with Crippen molar-refractivity contribution in [3.63, 3.8) is 0 Å². The van der Waals surface area contributed by atoms with Crippen molar-refractivity contribution in [1.29, 1.82) is 0 Å². The van der Waals surface area contributed by atoms with Crippen molar-refractivity contribution in [2.24, 2.45) is 0 Å². The molecule has 1 aliphatic rings. The van der Waals surface area contributed by atoms with Crippen LogP contribution in [0.3, 0.4) is 0 Å². The molecule has 0 radical (unpaired) electrons. The smallest absolute Gasteiger partial charge is 0.255 e. The van der Waals surface area contributed by atoms with Crippen LogP contribution in [0.1, 0.15) is 18.5 Å². The van der Waals surface area contributed by atoms with Gasteiger partial charge >= 0.3 is 0 Å². The molecule has 2 heterocycles. The van der Waals surface area contributed by atoms with Gasteiger partial charge in [-0.1, -0.05) is 24.3 Å². The Bertz CT molecular complexity index is 1500. The molecule has 0 saturated heterocycles. The number of anilines is 2. The van der Waals surface area contributed by atoms with E-state index in [4.69, 9.17) is 24.3 Å². The number of nitrogens with one attached hydrogen (secondary N) is 2. The zero-order valence-corrected chi connectivity index (χ0v) is 21.4. The number of carbonyl (C=O) groups is 1. The van der Waals surface area contributed by atoms with E-state index >= 15 is 0 Å². The molecule has 1 aliphatic heterocycles. The summed E-state index contributed by atoms with van der Waals surface area (Å²) in [5.74, 6) is 2.41. The van der Waals surface area contributed by atoms with Crippen LogP contribution in [0.4, 0.5) is 11.6 Å². The van der Waals surface area contributed by atoms with Crippen LogP contribution >= 0.6 is 0 Å². The molecular weight excluding hydrogens is 486 g/mol. The number of nitrogens with zero attached hydrogens (tertiary/aromatic N) is 3. The van der Waals surface area contributed by atoms with Gasteiger partial charge in [0, 0.05) is 17.3 Å². The third kappa shape index (κ3) is 4.59. The second-order valence-corrected chi connectivity index (χ2v) is 8.62. The lowest BCUT2D eigenvalue weighted by Gasteiger charge is -2.28. The van der Waals surface area contributed by atoms with Crippen LogP contribution in [0.5, 0.6) is 23.0 Å². The average Bonchev–Trinajstić information content (AvgIpc) is 3.36. The van der Waals surface area contributed by atoms with E-state index < -0.39 is 6.04 Å². The Kier molecular flexibility index (Phi) is 6.61. The van der Waals surface area contributed by atoms with Crippen molar-refractivity contribution < 1.29 is 24.1 Å². The monoisotopic (exact) mass is 513 g/mol. The minimum atomic E-state index is -0.629. The molecule has 5 rings (SSSR count). The first-order valence-electron chi connectivity index (χ1n) is 11.8. The number of benzene rings is 3. The molecule has 0 fully saturated rings. The first kappa shape index (κ1) is 24.7.